The van der Waals surface area contributed by atoms with Crippen LogP contribution in [0, 0.1) is 12.8 Å². The number of aromatic nitrogens is 3. The molecular weight excluding hydrogens is 352 g/mol. The molecule has 1 amide bonds. The summed E-state index contributed by atoms with van der Waals surface area (Å²) < 4.78 is 7.20. The van der Waals surface area contributed by atoms with E-state index in [0.29, 0.717) is 23.2 Å². The minimum atomic E-state index is -0.195. The van der Waals surface area contributed by atoms with Gasteiger partial charge in [0, 0.05) is 24.2 Å². The molecule has 6 heteroatoms. The van der Waals surface area contributed by atoms with Crippen molar-refractivity contribution in [3.63, 3.8) is 0 Å². The number of nitrogens with one attached hydrogen (secondary N) is 1. The highest BCUT2D eigenvalue weighted by Gasteiger charge is 2.29. The molecule has 28 heavy (non-hydrogen) atoms. The fourth-order valence-electron chi connectivity index (χ4n) is 3.42. The van der Waals surface area contributed by atoms with E-state index in [1.54, 1.807) is 25.7 Å². The zero-order valence-corrected chi connectivity index (χ0v) is 16.3. The predicted molar refractivity (Wildman–Crippen MR) is 109 cm³/mol. The zero-order valence-electron chi connectivity index (χ0n) is 16.3. The smallest absolute Gasteiger partial charge is 0.257 e. The molecule has 1 aliphatic carbocycles. The van der Waals surface area contributed by atoms with Gasteiger partial charge in [0.25, 0.3) is 5.91 Å². The lowest BCUT2D eigenvalue weighted by Gasteiger charge is -2.10. The third kappa shape index (κ3) is 3.76. The van der Waals surface area contributed by atoms with Crippen molar-refractivity contribution in [3.05, 3.63) is 60.2 Å². The molecular formula is C22H24N4O2. The predicted octanol–water partition coefficient (Wildman–Crippen LogP) is 4.49. The van der Waals surface area contributed by atoms with Crippen LogP contribution in [-0.4, -0.2) is 27.8 Å². The molecule has 1 atom stereocenters. The Balaban J connectivity index is 1.52. The first-order valence-electron chi connectivity index (χ1n) is 9.50. The number of pyridine rings is 1. The maximum absolute atomic E-state index is 12.7. The second kappa shape index (κ2) is 7.46. The van der Waals surface area contributed by atoms with Gasteiger partial charge in [-0.15, -0.1) is 0 Å². The first-order valence-corrected chi connectivity index (χ1v) is 9.50. The average Bonchev–Trinajstić information content (AvgIpc) is 3.46. The first kappa shape index (κ1) is 18.2. The van der Waals surface area contributed by atoms with Crippen LogP contribution in [0.2, 0.25) is 0 Å². The fourth-order valence-corrected chi connectivity index (χ4v) is 3.42. The number of aryl methyl sites for hydroxylation is 1. The lowest BCUT2D eigenvalue weighted by atomic mass is 10.0. The van der Waals surface area contributed by atoms with Gasteiger partial charge < -0.3 is 10.1 Å². The van der Waals surface area contributed by atoms with Gasteiger partial charge in [0.05, 0.1) is 30.6 Å². The van der Waals surface area contributed by atoms with Gasteiger partial charge in [0.15, 0.2) is 0 Å². The molecule has 3 aromatic rings. The molecule has 144 valence electrons. The number of methoxy groups -OCH3 is 1. The maximum atomic E-state index is 12.7. The van der Waals surface area contributed by atoms with Crippen molar-refractivity contribution in [1.82, 2.24) is 14.8 Å². The van der Waals surface area contributed by atoms with Gasteiger partial charge in [-0.2, -0.15) is 5.10 Å². The number of hydrogen-bond acceptors (Lipinski definition) is 4. The lowest BCUT2D eigenvalue weighted by Crippen LogP contribution is -2.12. The Hall–Kier alpha value is -3.15. The summed E-state index contributed by atoms with van der Waals surface area (Å²) >= 11 is 0. The standard InChI is InChI=1S/C22H24N4O2/c1-14-8-20(28-3)6-7-21(14)17-9-18(11-23-10-17)22(27)25-19-12-24-26(13-19)15(2)16-4-5-16/h6-13,15-16H,4-5H2,1-3H3,(H,25,27). The van der Waals surface area contributed by atoms with Crippen molar-refractivity contribution in [1.29, 1.82) is 0 Å². The van der Waals surface area contributed by atoms with Gasteiger partial charge >= 0.3 is 0 Å². The highest BCUT2D eigenvalue weighted by atomic mass is 16.5. The molecule has 6 nitrogen and oxygen atoms in total. The molecule has 2 heterocycles. The Morgan fingerprint density at radius 1 is 1.25 bits per heavy atom. The summed E-state index contributed by atoms with van der Waals surface area (Å²) in [6.45, 7) is 4.18. The van der Waals surface area contributed by atoms with Crippen molar-refractivity contribution >= 4 is 11.6 Å². The molecule has 4 rings (SSSR count). The molecule has 1 N–H and O–H groups in total. The van der Waals surface area contributed by atoms with Crippen LogP contribution in [0.4, 0.5) is 5.69 Å². The third-order valence-electron chi connectivity index (χ3n) is 5.33. The van der Waals surface area contributed by atoms with Crippen molar-refractivity contribution in [2.75, 3.05) is 12.4 Å². The van der Waals surface area contributed by atoms with Crippen LogP contribution in [-0.2, 0) is 0 Å². The van der Waals surface area contributed by atoms with Gasteiger partial charge in [-0.05, 0) is 61.9 Å². The van der Waals surface area contributed by atoms with Gasteiger partial charge in [0.2, 0.25) is 0 Å². The Morgan fingerprint density at radius 2 is 2.07 bits per heavy atom. The van der Waals surface area contributed by atoms with Crippen LogP contribution < -0.4 is 10.1 Å². The minimum Gasteiger partial charge on any atom is -0.497 e. The van der Waals surface area contributed by atoms with Crippen LogP contribution in [0.15, 0.2) is 49.1 Å². The summed E-state index contributed by atoms with van der Waals surface area (Å²) in [5.41, 5.74) is 4.19. The first-order chi connectivity index (χ1) is 13.5. The molecule has 0 aliphatic heterocycles. The SMILES string of the molecule is COc1ccc(-c2cncc(C(=O)Nc3cnn(C(C)C4CC4)c3)c2)c(C)c1. The van der Waals surface area contributed by atoms with Crippen molar-refractivity contribution in [2.24, 2.45) is 5.92 Å². The summed E-state index contributed by atoms with van der Waals surface area (Å²) in [5, 5.41) is 7.31. The van der Waals surface area contributed by atoms with Crippen LogP contribution in [0.1, 0.15) is 41.7 Å². The number of ether oxygens (including phenoxy) is 1. The van der Waals surface area contributed by atoms with Crippen LogP contribution in [0.5, 0.6) is 5.75 Å². The quantitative estimate of drug-likeness (QED) is 0.688. The van der Waals surface area contributed by atoms with Gasteiger partial charge in [-0.25, -0.2) is 0 Å². The fraction of sp³-hybridized carbons (Fsp3) is 0.318. The molecule has 0 saturated heterocycles. The number of carbonyl (C=O) groups excluding carboxylic acids is 1. The molecule has 2 aromatic heterocycles. The van der Waals surface area contributed by atoms with E-state index in [1.807, 2.05) is 42.1 Å². The normalized spacial score (nSPS) is 14.5. The molecule has 1 saturated carbocycles. The van der Waals surface area contributed by atoms with Gasteiger partial charge in [-0.3, -0.25) is 14.5 Å². The number of nitrogens with zero attached hydrogens (tertiary/aromatic N) is 3. The Bertz CT molecular complexity index is 1010. The van der Waals surface area contributed by atoms with E-state index in [9.17, 15) is 4.79 Å². The lowest BCUT2D eigenvalue weighted by molar-refractivity contribution is 0.102. The van der Waals surface area contributed by atoms with E-state index < -0.39 is 0 Å². The molecule has 1 unspecified atom stereocenters. The van der Waals surface area contributed by atoms with E-state index in [0.717, 1.165) is 22.4 Å². The summed E-state index contributed by atoms with van der Waals surface area (Å²) in [6.07, 6.45) is 9.45. The van der Waals surface area contributed by atoms with Crippen LogP contribution in [0.3, 0.4) is 0 Å². The number of anilines is 1. The van der Waals surface area contributed by atoms with Gasteiger partial charge in [0.1, 0.15) is 5.75 Å². The molecule has 0 radical (unpaired) electrons. The second-order valence-electron chi connectivity index (χ2n) is 7.38. The maximum Gasteiger partial charge on any atom is 0.257 e. The average molecular weight is 376 g/mol. The Morgan fingerprint density at radius 3 is 2.79 bits per heavy atom. The number of amides is 1. The zero-order chi connectivity index (χ0) is 19.7. The monoisotopic (exact) mass is 376 g/mol. The molecule has 1 fully saturated rings. The molecule has 0 spiro atoms. The summed E-state index contributed by atoms with van der Waals surface area (Å²) in [4.78, 5) is 17.0. The highest BCUT2D eigenvalue weighted by Crippen LogP contribution is 2.39. The van der Waals surface area contributed by atoms with Crippen LogP contribution >= 0.6 is 0 Å². The largest absolute Gasteiger partial charge is 0.497 e. The minimum absolute atomic E-state index is 0.195. The molecule has 1 aromatic carbocycles. The Kier molecular flexibility index (Phi) is 4.86. The summed E-state index contributed by atoms with van der Waals surface area (Å²) in [6, 6.07) is 8.08. The highest BCUT2D eigenvalue weighted by molar-refractivity contribution is 6.04. The summed E-state index contributed by atoms with van der Waals surface area (Å²) in [7, 11) is 1.65. The topological polar surface area (TPSA) is 69.0 Å². The number of rotatable bonds is 6. The van der Waals surface area contributed by atoms with Crippen molar-refractivity contribution in [2.45, 2.75) is 32.7 Å². The molecule has 0 bridgehead atoms. The van der Waals surface area contributed by atoms with Crippen molar-refractivity contribution < 1.29 is 9.53 Å². The second-order valence-corrected chi connectivity index (χ2v) is 7.38. The number of hydrogen-bond donors (Lipinski definition) is 1. The third-order valence-corrected chi connectivity index (χ3v) is 5.33. The number of carbonyl (C=O) groups is 1. The Labute approximate surface area is 164 Å². The molecule has 1 aliphatic rings. The van der Waals surface area contributed by atoms with E-state index in [2.05, 4.69) is 22.3 Å². The number of benzene rings is 1. The summed E-state index contributed by atoms with van der Waals surface area (Å²) in [5.74, 6) is 1.32. The van der Waals surface area contributed by atoms with E-state index in [-0.39, 0.29) is 5.91 Å². The van der Waals surface area contributed by atoms with E-state index >= 15 is 0 Å². The van der Waals surface area contributed by atoms with Crippen LogP contribution in [0.25, 0.3) is 11.1 Å². The van der Waals surface area contributed by atoms with E-state index in [1.165, 1.54) is 12.8 Å². The van der Waals surface area contributed by atoms with Crippen molar-refractivity contribution in [3.8, 4) is 16.9 Å². The van der Waals surface area contributed by atoms with Gasteiger partial charge in [-0.1, -0.05) is 6.07 Å². The van der Waals surface area contributed by atoms with E-state index in [4.69, 9.17) is 4.74 Å².